The molecule has 0 unspecified atom stereocenters. The molecule has 2 amide bonds. The quantitative estimate of drug-likeness (QED) is 0.243. The topological polar surface area (TPSA) is 139 Å². The molecule has 9 nitrogen and oxygen atoms in total. The molecule has 210 valence electrons. The van der Waals surface area contributed by atoms with Crippen molar-refractivity contribution in [2.75, 3.05) is 6.54 Å². The van der Waals surface area contributed by atoms with Gasteiger partial charge in [0.05, 0.1) is 6.54 Å². The molecule has 2 heterocycles. The van der Waals surface area contributed by atoms with Crippen LogP contribution in [0.5, 0.6) is 0 Å². The van der Waals surface area contributed by atoms with Crippen LogP contribution in [0.25, 0.3) is 33.1 Å². The Hall–Kier alpha value is -4.40. The standard InChI is InChI=1S/C31H34N2O7/c1-6-16(2)27(30(36)37)33-25(35)15-32-24(34)13-12-21-17(3)22-14-23-26(20-10-8-7-9-11-20)19(5)39-29(23)18(4)28(22)40-31(21)38/h7-11,14,16,27H,6,12-13,15H2,1-5H3,(H,32,34)(H,33,35)(H,36,37)/t16-,27+/m1/s1. The second kappa shape index (κ2) is 11.8. The fraction of sp³-hybridized carbons (Fsp3) is 0.355. The molecule has 4 rings (SSSR count). The molecular weight excluding hydrogens is 512 g/mol. The highest BCUT2D eigenvalue weighted by Gasteiger charge is 2.25. The van der Waals surface area contributed by atoms with Gasteiger partial charge in [0, 0.05) is 33.9 Å². The third-order valence-corrected chi connectivity index (χ3v) is 7.54. The summed E-state index contributed by atoms with van der Waals surface area (Å²) in [6, 6.07) is 10.9. The first-order valence-electron chi connectivity index (χ1n) is 13.4. The number of aryl methyl sites for hydroxylation is 3. The van der Waals surface area contributed by atoms with Crippen LogP contribution in [0.4, 0.5) is 0 Å². The molecule has 2 atom stereocenters. The van der Waals surface area contributed by atoms with Gasteiger partial charge in [-0.25, -0.2) is 9.59 Å². The molecule has 2 aromatic carbocycles. The summed E-state index contributed by atoms with van der Waals surface area (Å²) in [6.45, 7) is 8.82. The maximum Gasteiger partial charge on any atom is 0.339 e. The Morgan fingerprint density at radius 1 is 0.950 bits per heavy atom. The van der Waals surface area contributed by atoms with Gasteiger partial charge in [0.25, 0.3) is 0 Å². The van der Waals surface area contributed by atoms with Gasteiger partial charge in [0.1, 0.15) is 23.0 Å². The van der Waals surface area contributed by atoms with Gasteiger partial charge in [0.15, 0.2) is 0 Å². The molecule has 2 aromatic heterocycles. The van der Waals surface area contributed by atoms with Crippen LogP contribution in [0.2, 0.25) is 0 Å². The van der Waals surface area contributed by atoms with Crippen molar-refractivity contribution in [2.45, 2.75) is 59.9 Å². The van der Waals surface area contributed by atoms with Crippen LogP contribution >= 0.6 is 0 Å². The van der Waals surface area contributed by atoms with Crippen molar-refractivity contribution >= 4 is 39.7 Å². The summed E-state index contributed by atoms with van der Waals surface area (Å²) >= 11 is 0. The second-order valence-corrected chi connectivity index (χ2v) is 10.2. The van der Waals surface area contributed by atoms with Crippen molar-refractivity contribution in [1.29, 1.82) is 0 Å². The zero-order valence-electron chi connectivity index (χ0n) is 23.3. The van der Waals surface area contributed by atoms with E-state index in [0.717, 1.165) is 38.8 Å². The van der Waals surface area contributed by atoms with E-state index in [9.17, 15) is 24.3 Å². The fourth-order valence-corrected chi connectivity index (χ4v) is 5.04. The fourth-order valence-electron chi connectivity index (χ4n) is 5.04. The molecule has 0 saturated carbocycles. The van der Waals surface area contributed by atoms with E-state index in [-0.39, 0.29) is 25.3 Å². The lowest BCUT2D eigenvalue weighted by Crippen LogP contribution is -2.48. The van der Waals surface area contributed by atoms with Gasteiger partial charge in [-0.15, -0.1) is 0 Å². The Kier molecular flexibility index (Phi) is 8.42. The van der Waals surface area contributed by atoms with Crippen LogP contribution in [-0.2, 0) is 20.8 Å². The highest BCUT2D eigenvalue weighted by molar-refractivity contribution is 6.05. The highest BCUT2D eigenvalue weighted by atomic mass is 16.4. The number of amides is 2. The SMILES string of the molecule is CC[C@@H](C)[C@H](NC(=O)CNC(=O)CCc1c(C)c2cc3c(-c4ccccc4)c(C)oc3c(C)c2oc1=O)C(=O)O. The number of fused-ring (bicyclic) bond motifs is 2. The predicted octanol–water partition coefficient (Wildman–Crippen LogP) is 4.80. The number of benzene rings is 2. The van der Waals surface area contributed by atoms with Crippen LogP contribution in [0, 0.1) is 26.7 Å². The number of aliphatic carboxylic acids is 1. The number of rotatable bonds is 10. The number of hydrogen-bond acceptors (Lipinski definition) is 6. The molecule has 4 aromatic rings. The number of carboxylic acids is 1. The molecule has 0 fully saturated rings. The summed E-state index contributed by atoms with van der Waals surface area (Å²) in [5.74, 6) is -1.65. The molecule has 0 aliphatic heterocycles. The molecule has 0 aliphatic rings. The highest BCUT2D eigenvalue weighted by Crippen LogP contribution is 2.39. The monoisotopic (exact) mass is 546 g/mol. The van der Waals surface area contributed by atoms with Crippen LogP contribution in [0.15, 0.2) is 50.0 Å². The van der Waals surface area contributed by atoms with Crippen molar-refractivity contribution in [3.63, 3.8) is 0 Å². The summed E-state index contributed by atoms with van der Waals surface area (Å²) < 4.78 is 11.8. The Labute approximate surface area is 231 Å². The van der Waals surface area contributed by atoms with E-state index in [4.69, 9.17) is 8.83 Å². The van der Waals surface area contributed by atoms with Crippen molar-refractivity contribution in [3.8, 4) is 11.1 Å². The van der Waals surface area contributed by atoms with E-state index in [1.807, 2.05) is 64.1 Å². The lowest BCUT2D eigenvalue weighted by atomic mass is 9.96. The van der Waals surface area contributed by atoms with Gasteiger partial charge in [-0.2, -0.15) is 0 Å². The average Bonchev–Trinajstić information content (AvgIpc) is 3.27. The number of carbonyl (C=O) groups is 3. The third kappa shape index (κ3) is 5.64. The van der Waals surface area contributed by atoms with E-state index in [0.29, 0.717) is 23.2 Å². The van der Waals surface area contributed by atoms with Gasteiger partial charge < -0.3 is 24.6 Å². The zero-order valence-corrected chi connectivity index (χ0v) is 23.3. The third-order valence-electron chi connectivity index (χ3n) is 7.54. The lowest BCUT2D eigenvalue weighted by molar-refractivity contribution is -0.143. The van der Waals surface area contributed by atoms with Crippen LogP contribution in [0.3, 0.4) is 0 Å². The molecule has 40 heavy (non-hydrogen) atoms. The van der Waals surface area contributed by atoms with E-state index >= 15 is 0 Å². The van der Waals surface area contributed by atoms with E-state index in [2.05, 4.69) is 10.6 Å². The lowest BCUT2D eigenvalue weighted by Gasteiger charge is -2.20. The largest absolute Gasteiger partial charge is 0.480 e. The predicted molar refractivity (Wildman–Crippen MR) is 152 cm³/mol. The minimum Gasteiger partial charge on any atom is -0.480 e. The van der Waals surface area contributed by atoms with Crippen molar-refractivity contribution in [2.24, 2.45) is 5.92 Å². The molecule has 3 N–H and O–H groups in total. The number of hydrogen-bond donors (Lipinski definition) is 3. The minimum absolute atomic E-state index is 0.0422. The summed E-state index contributed by atoms with van der Waals surface area (Å²) in [5.41, 5.74) is 4.41. The summed E-state index contributed by atoms with van der Waals surface area (Å²) in [6.07, 6.45) is 0.657. The first kappa shape index (κ1) is 28.6. The first-order chi connectivity index (χ1) is 19.0. The number of furan rings is 1. The molecule has 0 bridgehead atoms. The van der Waals surface area contributed by atoms with Crippen LogP contribution in [-0.4, -0.2) is 35.5 Å². The molecule has 0 saturated heterocycles. The number of nitrogens with one attached hydrogen (secondary N) is 2. The normalized spacial score (nSPS) is 12.8. The van der Waals surface area contributed by atoms with Gasteiger partial charge in [-0.1, -0.05) is 50.6 Å². The van der Waals surface area contributed by atoms with Crippen molar-refractivity contribution < 1.29 is 28.3 Å². The first-order valence-corrected chi connectivity index (χ1v) is 13.4. The van der Waals surface area contributed by atoms with Gasteiger partial charge >= 0.3 is 11.6 Å². The molecule has 0 spiro atoms. The van der Waals surface area contributed by atoms with E-state index < -0.39 is 29.5 Å². The molecule has 0 radical (unpaired) electrons. The van der Waals surface area contributed by atoms with Crippen molar-refractivity contribution in [1.82, 2.24) is 10.6 Å². The van der Waals surface area contributed by atoms with Gasteiger partial charge in [-0.3, -0.25) is 9.59 Å². The Balaban J connectivity index is 1.54. The molecule has 0 aliphatic carbocycles. The second-order valence-electron chi connectivity index (χ2n) is 10.2. The summed E-state index contributed by atoms with van der Waals surface area (Å²) in [7, 11) is 0. The van der Waals surface area contributed by atoms with Crippen LogP contribution in [0.1, 0.15) is 49.1 Å². The molecular formula is C31H34N2O7. The molecule has 9 heteroatoms. The van der Waals surface area contributed by atoms with Gasteiger partial charge in [-0.05, 0) is 50.3 Å². The van der Waals surface area contributed by atoms with Crippen LogP contribution < -0.4 is 16.3 Å². The zero-order chi connectivity index (χ0) is 29.1. The van der Waals surface area contributed by atoms with Crippen molar-refractivity contribution in [3.05, 3.63) is 69.3 Å². The average molecular weight is 547 g/mol. The van der Waals surface area contributed by atoms with Gasteiger partial charge in [0.2, 0.25) is 11.8 Å². The summed E-state index contributed by atoms with van der Waals surface area (Å²) in [5, 5.41) is 16.0. The summed E-state index contributed by atoms with van der Waals surface area (Å²) in [4.78, 5) is 49.1. The number of carboxylic acid groups (broad SMARTS) is 1. The van der Waals surface area contributed by atoms with E-state index in [1.165, 1.54) is 0 Å². The Morgan fingerprint density at radius 2 is 1.62 bits per heavy atom. The minimum atomic E-state index is -1.12. The maximum absolute atomic E-state index is 12.9. The number of carbonyl (C=O) groups excluding carboxylic acids is 2. The smallest absolute Gasteiger partial charge is 0.339 e. The van der Waals surface area contributed by atoms with E-state index in [1.54, 1.807) is 6.92 Å². The Morgan fingerprint density at radius 3 is 2.27 bits per heavy atom. The maximum atomic E-state index is 12.9. The Bertz CT molecular complexity index is 1650.